The lowest BCUT2D eigenvalue weighted by atomic mass is 10.0. The van der Waals surface area contributed by atoms with Gasteiger partial charge in [0.25, 0.3) is 5.91 Å². The van der Waals surface area contributed by atoms with Gasteiger partial charge in [-0.05, 0) is 56.5 Å². The summed E-state index contributed by atoms with van der Waals surface area (Å²) in [5.74, 6) is -0.506. The summed E-state index contributed by atoms with van der Waals surface area (Å²) in [4.78, 5) is 28.3. The van der Waals surface area contributed by atoms with Gasteiger partial charge in [0.05, 0.1) is 0 Å². The van der Waals surface area contributed by atoms with Gasteiger partial charge >= 0.3 is 0 Å². The van der Waals surface area contributed by atoms with E-state index >= 15 is 0 Å². The number of rotatable bonds is 10. The van der Waals surface area contributed by atoms with E-state index in [0.717, 1.165) is 16.7 Å². The molecule has 184 valence electrons. The molecule has 1 atom stereocenters. The number of nitrogens with one attached hydrogen (secondary N) is 1. The predicted octanol–water partition coefficient (Wildman–Crippen LogP) is 4.99. The number of benzene rings is 3. The van der Waals surface area contributed by atoms with Crippen molar-refractivity contribution in [2.45, 2.75) is 52.7 Å². The van der Waals surface area contributed by atoms with Crippen molar-refractivity contribution in [3.05, 3.63) is 101 Å². The van der Waals surface area contributed by atoms with Crippen LogP contribution in [0.3, 0.4) is 0 Å². The van der Waals surface area contributed by atoms with Crippen molar-refractivity contribution >= 4 is 11.8 Å². The first-order chi connectivity index (χ1) is 16.7. The fourth-order valence-corrected chi connectivity index (χ4v) is 3.83. The third kappa shape index (κ3) is 7.41. The van der Waals surface area contributed by atoms with Gasteiger partial charge in [-0.25, -0.2) is 4.39 Å². The van der Waals surface area contributed by atoms with Crippen LogP contribution in [0.4, 0.5) is 4.39 Å². The van der Waals surface area contributed by atoms with Gasteiger partial charge in [0.2, 0.25) is 5.91 Å². The Labute approximate surface area is 206 Å². The van der Waals surface area contributed by atoms with Crippen LogP contribution in [-0.4, -0.2) is 35.4 Å². The quantitative estimate of drug-likeness (QED) is 0.449. The van der Waals surface area contributed by atoms with Gasteiger partial charge in [-0.1, -0.05) is 60.7 Å². The first-order valence-corrected chi connectivity index (χ1v) is 11.8. The Kier molecular flexibility index (Phi) is 9.01. The second-order valence-electron chi connectivity index (χ2n) is 9.04. The molecule has 0 saturated heterocycles. The fraction of sp³-hybridized carbons (Fsp3) is 0.310. The average Bonchev–Trinajstić information content (AvgIpc) is 2.83. The van der Waals surface area contributed by atoms with E-state index in [4.69, 9.17) is 4.74 Å². The molecule has 1 N–H and O–H groups in total. The van der Waals surface area contributed by atoms with Crippen LogP contribution in [0.25, 0.3) is 0 Å². The lowest BCUT2D eigenvalue weighted by molar-refractivity contribution is -0.143. The Morgan fingerprint density at radius 1 is 0.971 bits per heavy atom. The molecule has 0 unspecified atom stereocenters. The van der Waals surface area contributed by atoms with Gasteiger partial charge < -0.3 is 15.0 Å². The molecule has 6 heteroatoms. The standard InChI is InChI=1S/C29H33FN2O3/c1-20(2)31-29(34)26(17-23-10-6-5-7-11-23)32(18-24-12-8-9-13-25(24)30)28(33)19-35-27-16-21(3)14-15-22(27)4/h5-16,20,26H,17-19H2,1-4H3,(H,31,34)/t26-/m0/s1. The summed E-state index contributed by atoms with van der Waals surface area (Å²) < 4.78 is 20.5. The molecule has 0 aliphatic carbocycles. The third-order valence-corrected chi connectivity index (χ3v) is 5.70. The molecule has 0 radical (unpaired) electrons. The van der Waals surface area contributed by atoms with E-state index in [1.165, 1.54) is 11.0 Å². The number of carbonyl (C=O) groups is 2. The zero-order valence-corrected chi connectivity index (χ0v) is 20.8. The van der Waals surface area contributed by atoms with Gasteiger partial charge in [-0.3, -0.25) is 9.59 Å². The minimum absolute atomic E-state index is 0.0509. The van der Waals surface area contributed by atoms with E-state index in [-0.39, 0.29) is 25.1 Å². The third-order valence-electron chi connectivity index (χ3n) is 5.70. The van der Waals surface area contributed by atoms with Crippen molar-refractivity contribution in [2.75, 3.05) is 6.61 Å². The molecular formula is C29H33FN2O3. The van der Waals surface area contributed by atoms with E-state index in [0.29, 0.717) is 17.7 Å². The molecule has 0 bridgehead atoms. The Balaban J connectivity index is 1.94. The monoisotopic (exact) mass is 476 g/mol. The van der Waals surface area contributed by atoms with Gasteiger partial charge in [-0.2, -0.15) is 0 Å². The Hall–Kier alpha value is -3.67. The predicted molar refractivity (Wildman–Crippen MR) is 136 cm³/mol. The lowest BCUT2D eigenvalue weighted by Crippen LogP contribution is -2.53. The molecule has 3 aromatic rings. The van der Waals surface area contributed by atoms with E-state index < -0.39 is 17.8 Å². The number of nitrogens with zero attached hydrogens (tertiary/aromatic N) is 1. The summed E-state index contributed by atoms with van der Waals surface area (Å²) in [6, 6.07) is 20.6. The summed E-state index contributed by atoms with van der Waals surface area (Å²) in [5.41, 5.74) is 3.16. The molecule has 5 nitrogen and oxygen atoms in total. The summed E-state index contributed by atoms with van der Waals surface area (Å²) in [6.07, 6.45) is 0.295. The number of amides is 2. The van der Waals surface area contributed by atoms with Crippen LogP contribution in [0.15, 0.2) is 72.8 Å². The molecule has 0 fully saturated rings. The van der Waals surface area contributed by atoms with Crippen LogP contribution >= 0.6 is 0 Å². The first-order valence-electron chi connectivity index (χ1n) is 11.8. The highest BCUT2D eigenvalue weighted by Crippen LogP contribution is 2.21. The zero-order valence-electron chi connectivity index (χ0n) is 20.8. The normalized spacial score (nSPS) is 11.7. The van der Waals surface area contributed by atoms with E-state index in [2.05, 4.69) is 5.32 Å². The van der Waals surface area contributed by atoms with Crippen LogP contribution in [0, 0.1) is 19.7 Å². The molecule has 0 heterocycles. The molecule has 0 spiro atoms. The highest BCUT2D eigenvalue weighted by molar-refractivity contribution is 5.88. The van der Waals surface area contributed by atoms with Gasteiger partial charge in [0, 0.05) is 24.6 Å². The number of hydrogen-bond acceptors (Lipinski definition) is 3. The molecule has 0 aliphatic heterocycles. The maximum Gasteiger partial charge on any atom is 0.261 e. The number of hydrogen-bond donors (Lipinski definition) is 1. The average molecular weight is 477 g/mol. The minimum atomic E-state index is -0.839. The van der Waals surface area contributed by atoms with Crippen LogP contribution in [0.2, 0.25) is 0 Å². The highest BCUT2D eigenvalue weighted by atomic mass is 19.1. The molecule has 35 heavy (non-hydrogen) atoms. The van der Waals surface area contributed by atoms with Crippen molar-refractivity contribution < 1.29 is 18.7 Å². The molecule has 0 aliphatic rings. The van der Waals surface area contributed by atoms with E-state index in [1.54, 1.807) is 18.2 Å². The van der Waals surface area contributed by atoms with Crippen molar-refractivity contribution in [3.8, 4) is 5.75 Å². The van der Waals surface area contributed by atoms with Crippen LogP contribution in [-0.2, 0) is 22.6 Å². The topological polar surface area (TPSA) is 58.6 Å². The minimum Gasteiger partial charge on any atom is -0.483 e. The molecule has 2 amide bonds. The highest BCUT2D eigenvalue weighted by Gasteiger charge is 2.31. The van der Waals surface area contributed by atoms with Crippen LogP contribution in [0.1, 0.15) is 36.1 Å². The first kappa shape index (κ1) is 25.9. The maximum atomic E-state index is 14.6. The summed E-state index contributed by atoms with van der Waals surface area (Å²) in [5, 5.41) is 2.92. The smallest absolute Gasteiger partial charge is 0.261 e. The van der Waals surface area contributed by atoms with Crippen molar-refractivity contribution in [1.82, 2.24) is 10.2 Å². The van der Waals surface area contributed by atoms with E-state index in [1.807, 2.05) is 76.2 Å². The van der Waals surface area contributed by atoms with Crippen molar-refractivity contribution in [2.24, 2.45) is 0 Å². The van der Waals surface area contributed by atoms with Crippen LogP contribution < -0.4 is 10.1 Å². The number of halogens is 1. The molecular weight excluding hydrogens is 443 g/mol. The number of carbonyl (C=O) groups excluding carboxylic acids is 2. The Morgan fingerprint density at radius 3 is 2.34 bits per heavy atom. The fourth-order valence-electron chi connectivity index (χ4n) is 3.83. The lowest BCUT2D eigenvalue weighted by Gasteiger charge is -2.32. The second-order valence-corrected chi connectivity index (χ2v) is 9.04. The summed E-state index contributed by atoms with van der Waals surface area (Å²) in [7, 11) is 0. The van der Waals surface area contributed by atoms with Crippen molar-refractivity contribution in [1.29, 1.82) is 0 Å². The number of ether oxygens (including phenoxy) is 1. The number of aryl methyl sites for hydroxylation is 2. The van der Waals surface area contributed by atoms with Gasteiger partial charge in [0.15, 0.2) is 6.61 Å². The SMILES string of the molecule is Cc1ccc(C)c(OCC(=O)N(Cc2ccccc2F)[C@@H](Cc2ccccc2)C(=O)NC(C)C)c1. The molecule has 0 aromatic heterocycles. The van der Waals surface area contributed by atoms with Crippen molar-refractivity contribution in [3.63, 3.8) is 0 Å². The maximum absolute atomic E-state index is 14.6. The van der Waals surface area contributed by atoms with Gasteiger partial charge in [-0.15, -0.1) is 0 Å². The molecule has 3 aromatic carbocycles. The summed E-state index contributed by atoms with van der Waals surface area (Å²) in [6.45, 7) is 7.27. The second kappa shape index (κ2) is 12.2. The Morgan fingerprint density at radius 2 is 1.66 bits per heavy atom. The van der Waals surface area contributed by atoms with E-state index in [9.17, 15) is 14.0 Å². The Bertz CT molecular complexity index is 1150. The van der Waals surface area contributed by atoms with Gasteiger partial charge in [0.1, 0.15) is 17.6 Å². The molecule has 3 rings (SSSR count). The van der Waals surface area contributed by atoms with Crippen LogP contribution in [0.5, 0.6) is 5.75 Å². The largest absolute Gasteiger partial charge is 0.483 e. The molecule has 0 saturated carbocycles. The summed E-state index contributed by atoms with van der Waals surface area (Å²) >= 11 is 0. The zero-order chi connectivity index (χ0) is 25.4.